The van der Waals surface area contributed by atoms with Crippen molar-refractivity contribution >= 4 is 38.0 Å². The van der Waals surface area contributed by atoms with Crippen LogP contribution in [0.3, 0.4) is 0 Å². The van der Waals surface area contributed by atoms with Gasteiger partial charge >= 0.3 is 0 Å². The second-order valence-corrected chi connectivity index (χ2v) is 13.8. The minimum Gasteiger partial charge on any atom is -0.256 e. The van der Waals surface area contributed by atoms with Gasteiger partial charge in [0, 0.05) is 28.3 Å². The van der Waals surface area contributed by atoms with Crippen LogP contribution in [0.2, 0.25) is 0 Å². The standard InChI is InChI=1S/C47H34N4/c1-29-35-14-5-6-16-37(35)39-18-9-10-20-41(39)44(29)47-50-45(31-24-22-30(23-25-31)34-26-33-13-3-11-21-43(33)48-28-34)49-46(51-47)42-27-32-12-2-4-15-36(32)38-17-7-8-19-40(38)42/h2-4,6-13,15-29,44H,5,14H2,1H3. The lowest BCUT2D eigenvalue weighted by atomic mass is 9.69. The van der Waals surface area contributed by atoms with Crippen LogP contribution in [0.15, 0.2) is 157 Å². The Kier molecular flexibility index (Phi) is 6.95. The molecule has 2 atom stereocenters. The van der Waals surface area contributed by atoms with Crippen molar-refractivity contribution in [3.63, 3.8) is 0 Å². The van der Waals surface area contributed by atoms with Crippen LogP contribution in [0.4, 0.5) is 0 Å². The molecule has 0 fully saturated rings. The molecule has 2 heterocycles. The molecule has 2 aliphatic rings. The normalized spacial score (nSPS) is 16.8. The molecule has 0 aliphatic heterocycles. The predicted octanol–water partition coefficient (Wildman–Crippen LogP) is 11.6. The predicted molar refractivity (Wildman–Crippen MR) is 209 cm³/mol. The van der Waals surface area contributed by atoms with Gasteiger partial charge in [-0.3, -0.25) is 4.98 Å². The molecule has 0 N–H and O–H groups in total. The van der Waals surface area contributed by atoms with Crippen molar-refractivity contribution in [1.82, 2.24) is 19.9 Å². The zero-order valence-corrected chi connectivity index (χ0v) is 28.3. The summed E-state index contributed by atoms with van der Waals surface area (Å²) in [6.07, 6.45) is 8.70. The van der Waals surface area contributed by atoms with Crippen LogP contribution in [0.5, 0.6) is 0 Å². The van der Waals surface area contributed by atoms with E-state index < -0.39 is 0 Å². The molecule has 0 saturated heterocycles. The first-order valence-electron chi connectivity index (χ1n) is 17.8. The van der Waals surface area contributed by atoms with Crippen LogP contribution in [0.1, 0.15) is 42.6 Å². The molecule has 10 rings (SSSR count). The average molecular weight is 655 g/mol. The van der Waals surface area contributed by atoms with E-state index >= 15 is 0 Å². The second kappa shape index (κ2) is 12.0. The first kappa shape index (κ1) is 29.6. The van der Waals surface area contributed by atoms with Crippen LogP contribution in [-0.2, 0) is 0 Å². The summed E-state index contributed by atoms with van der Waals surface area (Å²) < 4.78 is 0. The lowest BCUT2D eigenvalue weighted by Gasteiger charge is -2.35. The molecule has 2 aliphatic carbocycles. The topological polar surface area (TPSA) is 51.6 Å². The number of rotatable bonds is 4. The van der Waals surface area contributed by atoms with Crippen molar-refractivity contribution in [3.8, 4) is 33.9 Å². The fraction of sp³-hybridized carbons (Fsp3) is 0.106. The van der Waals surface area contributed by atoms with Crippen LogP contribution in [0.25, 0.3) is 71.9 Å². The number of hydrogen-bond donors (Lipinski definition) is 0. The van der Waals surface area contributed by atoms with Crippen molar-refractivity contribution in [3.05, 3.63) is 174 Å². The minimum atomic E-state index is 0.00150. The molecule has 6 aromatic carbocycles. The summed E-state index contributed by atoms with van der Waals surface area (Å²) in [5, 5.41) is 5.86. The minimum absolute atomic E-state index is 0.00150. The van der Waals surface area contributed by atoms with Gasteiger partial charge in [-0.15, -0.1) is 0 Å². The van der Waals surface area contributed by atoms with Crippen molar-refractivity contribution in [2.24, 2.45) is 5.92 Å². The molecule has 4 nitrogen and oxygen atoms in total. The molecule has 0 saturated carbocycles. The van der Waals surface area contributed by atoms with E-state index in [1.807, 2.05) is 18.3 Å². The fourth-order valence-corrected chi connectivity index (χ4v) is 8.33. The van der Waals surface area contributed by atoms with E-state index in [2.05, 4.69) is 140 Å². The van der Waals surface area contributed by atoms with Crippen molar-refractivity contribution in [2.75, 3.05) is 0 Å². The highest BCUT2D eigenvalue weighted by Crippen LogP contribution is 2.48. The Morgan fingerprint density at radius 3 is 2.16 bits per heavy atom. The molecular weight excluding hydrogens is 621 g/mol. The van der Waals surface area contributed by atoms with E-state index in [-0.39, 0.29) is 11.8 Å². The summed E-state index contributed by atoms with van der Waals surface area (Å²) >= 11 is 0. The largest absolute Gasteiger partial charge is 0.256 e. The molecule has 242 valence electrons. The molecule has 0 spiro atoms. The molecule has 4 heteroatoms. The average Bonchev–Trinajstić information content (AvgIpc) is 3.20. The Bertz CT molecular complexity index is 2720. The number of benzene rings is 6. The first-order chi connectivity index (χ1) is 25.2. The van der Waals surface area contributed by atoms with Gasteiger partial charge in [0.1, 0.15) is 5.82 Å². The summed E-state index contributed by atoms with van der Waals surface area (Å²) in [6.45, 7) is 2.36. The van der Waals surface area contributed by atoms with Gasteiger partial charge in [0.2, 0.25) is 0 Å². The van der Waals surface area contributed by atoms with Crippen molar-refractivity contribution < 1.29 is 0 Å². The van der Waals surface area contributed by atoms with Gasteiger partial charge in [-0.1, -0.05) is 140 Å². The zero-order valence-electron chi connectivity index (χ0n) is 28.3. The molecule has 2 aromatic heterocycles. The van der Waals surface area contributed by atoms with E-state index in [0.717, 1.165) is 57.2 Å². The maximum Gasteiger partial charge on any atom is 0.164 e. The lowest BCUT2D eigenvalue weighted by Crippen LogP contribution is -2.24. The number of nitrogens with zero attached hydrogens (tertiary/aromatic N) is 4. The molecule has 2 unspecified atom stereocenters. The van der Waals surface area contributed by atoms with Gasteiger partial charge < -0.3 is 0 Å². The molecule has 8 aromatic rings. The molecule has 0 bridgehead atoms. The summed E-state index contributed by atoms with van der Waals surface area (Å²) in [6, 6.07) is 47.3. The van der Waals surface area contributed by atoms with E-state index in [1.165, 1.54) is 38.4 Å². The van der Waals surface area contributed by atoms with Gasteiger partial charge in [-0.05, 0) is 80.8 Å². The molecular formula is C47H34N4. The monoisotopic (exact) mass is 654 g/mol. The number of pyridine rings is 1. The second-order valence-electron chi connectivity index (χ2n) is 13.8. The Balaban J connectivity index is 1.17. The summed E-state index contributed by atoms with van der Waals surface area (Å²) in [4.78, 5) is 20.8. The van der Waals surface area contributed by atoms with Gasteiger partial charge in [0.05, 0.1) is 11.4 Å². The molecule has 51 heavy (non-hydrogen) atoms. The summed E-state index contributed by atoms with van der Waals surface area (Å²) in [5.74, 6) is 2.45. The SMILES string of the molecule is CC1C2=C(C=CCC2)c2ccccc2C1c1nc(-c2ccc(-c3cnc4ccccc4c3)cc2)nc(-c2cc3ccccc3c3ccccc23)n1. The van der Waals surface area contributed by atoms with E-state index in [9.17, 15) is 0 Å². The third kappa shape index (κ3) is 4.98. The quantitative estimate of drug-likeness (QED) is 0.177. The Morgan fingerprint density at radius 2 is 1.27 bits per heavy atom. The lowest BCUT2D eigenvalue weighted by molar-refractivity contribution is 0.535. The fourth-order valence-electron chi connectivity index (χ4n) is 8.33. The number of hydrogen-bond acceptors (Lipinski definition) is 4. The van der Waals surface area contributed by atoms with Crippen LogP contribution >= 0.6 is 0 Å². The third-order valence-corrected chi connectivity index (χ3v) is 10.9. The number of fused-ring (bicyclic) bond motifs is 6. The highest BCUT2D eigenvalue weighted by Gasteiger charge is 2.36. The van der Waals surface area contributed by atoms with Crippen LogP contribution < -0.4 is 0 Å². The van der Waals surface area contributed by atoms with Gasteiger partial charge in [0.25, 0.3) is 0 Å². The van der Waals surface area contributed by atoms with E-state index in [0.29, 0.717) is 11.6 Å². The van der Waals surface area contributed by atoms with Crippen molar-refractivity contribution in [1.29, 1.82) is 0 Å². The Labute approximate surface area is 296 Å². The van der Waals surface area contributed by atoms with E-state index in [4.69, 9.17) is 19.9 Å². The molecule has 0 amide bonds. The third-order valence-electron chi connectivity index (χ3n) is 10.9. The van der Waals surface area contributed by atoms with Crippen LogP contribution in [-0.4, -0.2) is 19.9 Å². The van der Waals surface area contributed by atoms with Crippen LogP contribution in [0, 0.1) is 5.92 Å². The summed E-state index contributed by atoms with van der Waals surface area (Å²) in [5.41, 5.74) is 10.6. The highest BCUT2D eigenvalue weighted by atomic mass is 15.0. The van der Waals surface area contributed by atoms with Gasteiger partial charge in [-0.2, -0.15) is 0 Å². The number of aromatic nitrogens is 4. The zero-order chi connectivity index (χ0) is 33.9. The smallest absolute Gasteiger partial charge is 0.164 e. The number of para-hydroxylation sites is 1. The maximum absolute atomic E-state index is 5.42. The van der Waals surface area contributed by atoms with Gasteiger partial charge in [-0.25, -0.2) is 15.0 Å². The highest BCUT2D eigenvalue weighted by molar-refractivity contribution is 6.13. The molecule has 0 radical (unpaired) electrons. The van der Waals surface area contributed by atoms with E-state index in [1.54, 1.807) is 0 Å². The summed E-state index contributed by atoms with van der Waals surface area (Å²) in [7, 11) is 0. The number of allylic oxidation sites excluding steroid dienone is 4. The Morgan fingerprint density at radius 1 is 0.569 bits per heavy atom. The first-order valence-corrected chi connectivity index (χ1v) is 17.8. The Hall–Kier alpha value is -6.26. The van der Waals surface area contributed by atoms with Gasteiger partial charge in [0.15, 0.2) is 11.6 Å². The maximum atomic E-state index is 5.42. The van der Waals surface area contributed by atoms with Crippen molar-refractivity contribution in [2.45, 2.75) is 25.7 Å².